The summed E-state index contributed by atoms with van der Waals surface area (Å²) in [5, 5.41) is 0.751. The second-order valence-corrected chi connectivity index (χ2v) is 4.52. The van der Waals surface area contributed by atoms with Crippen LogP contribution >= 0.6 is 11.6 Å². The Bertz CT molecular complexity index is 537. The van der Waals surface area contributed by atoms with Gasteiger partial charge in [0.25, 0.3) is 0 Å². The van der Waals surface area contributed by atoms with Crippen LogP contribution in [0.25, 0.3) is 11.1 Å². The summed E-state index contributed by atoms with van der Waals surface area (Å²) < 4.78 is 0. The van der Waals surface area contributed by atoms with Gasteiger partial charge in [-0.3, -0.25) is 4.99 Å². The van der Waals surface area contributed by atoms with Gasteiger partial charge in [-0.25, -0.2) is 0 Å². The summed E-state index contributed by atoms with van der Waals surface area (Å²) in [5.74, 6) is 0. The van der Waals surface area contributed by atoms with Crippen LogP contribution in [-0.4, -0.2) is 5.71 Å². The van der Waals surface area contributed by atoms with E-state index in [0.717, 1.165) is 27.5 Å². The van der Waals surface area contributed by atoms with Crippen LogP contribution in [0.15, 0.2) is 53.5 Å². The first-order valence-corrected chi connectivity index (χ1v) is 5.91. The van der Waals surface area contributed by atoms with Crippen molar-refractivity contribution < 1.29 is 0 Å². The fourth-order valence-electron chi connectivity index (χ4n) is 1.69. The molecule has 0 fully saturated rings. The van der Waals surface area contributed by atoms with Crippen molar-refractivity contribution in [1.82, 2.24) is 0 Å². The van der Waals surface area contributed by atoms with Crippen LogP contribution in [0, 0.1) is 0 Å². The van der Waals surface area contributed by atoms with Gasteiger partial charge in [0, 0.05) is 16.3 Å². The molecular weight excluding hydrogens is 230 g/mol. The molecule has 2 aromatic rings. The molecule has 0 aliphatic carbocycles. The number of rotatable bonds is 2. The Hall–Kier alpha value is -1.60. The zero-order valence-corrected chi connectivity index (χ0v) is 10.7. The molecule has 1 nitrogen and oxygen atoms in total. The molecule has 0 heterocycles. The van der Waals surface area contributed by atoms with Crippen LogP contribution in [-0.2, 0) is 0 Å². The van der Waals surface area contributed by atoms with E-state index in [4.69, 9.17) is 11.6 Å². The van der Waals surface area contributed by atoms with E-state index >= 15 is 0 Å². The maximum absolute atomic E-state index is 5.90. The number of halogens is 1. The van der Waals surface area contributed by atoms with Crippen molar-refractivity contribution in [2.24, 2.45) is 4.99 Å². The lowest BCUT2D eigenvalue weighted by molar-refractivity contribution is 1.47. The predicted octanol–water partition coefficient (Wildman–Crippen LogP) is 5.12. The van der Waals surface area contributed by atoms with E-state index in [1.54, 1.807) is 0 Å². The summed E-state index contributed by atoms with van der Waals surface area (Å²) in [4.78, 5) is 4.54. The fourth-order valence-corrected chi connectivity index (χ4v) is 1.81. The van der Waals surface area contributed by atoms with Crippen molar-refractivity contribution in [2.75, 3.05) is 0 Å². The van der Waals surface area contributed by atoms with Crippen molar-refractivity contribution >= 4 is 23.0 Å². The van der Waals surface area contributed by atoms with E-state index in [-0.39, 0.29) is 0 Å². The summed E-state index contributed by atoms with van der Waals surface area (Å²) in [6, 6.07) is 16.0. The molecule has 0 unspecified atom stereocenters. The van der Waals surface area contributed by atoms with Gasteiger partial charge in [-0.15, -0.1) is 0 Å². The maximum atomic E-state index is 5.90. The van der Waals surface area contributed by atoms with E-state index in [1.807, 2.05) is 56.3 Å². The highest BCUT2D eigenvalue weighted by Gasteiger charge is 2.03. The van der Waals surface area contributed by atoms with Crippen molar-refractivity contribution in [2.45, 2.75) is 13.8 Å². The molecule has 0 atom stereocenters. The van der Waals surface area contributed by atoms with E-state index in [1.165, 1.54) is 0 Å². The average Bonchev–Trinajstić information content (AvgIpc) is 2.30. The van der Waals surface area contributed by atoms with Crippen molar-refractivity contribution in [3.8, 4) is 11.1 Å². The monoisotopic (exact) mass is 243 g/mol. The molecule has 0 spiro atoms. The van der Waals surface area contributed by atoms with Crippen LogP contribution in [0.4, 0.5) is 5.69 Å². The van der Waals surface area contributed by atoms with Gasteiger partial charge in [-0.1, -0.05) is 41.9 Å². The van der Waals surface area contributed by atoms with Gasteiger partial charge < -0.3 is 0 Å². The number of aliphatic imine (C=N–C) groups is 1. The van der Waals surface area contributed by atoms with Crippen LogP contribution in [0.3, 0.4) is 0 Å². The molecule has 0 saturated heterocycles. The van der Waals surface area contributed by atoms with E-state index in [2.05, 4.69) is 11.1 Å². The van der Waals surface area contributed by atoms with E-state index in [9.17, 15) is 0 Å². The maximum Gasteiger partial charge on any atom is 0.0707 e. The number of benzene rings is 2. The minimum absolute atomic E-state index is 0.751. The highest BCUT2D eigenvalue weighted by Crippen LogP contribution is 2.30. The first kappa shape index (κ1) is 11.9. The third kappa shape index (κ3) is 2.95. The van der Waals surface area contributed by atoms with Gasteiger partial charge in [-0.2, -0.15) is 0 Å². The standard InChI is InChI=1S/C15H14ClN/c1-11(2)17-15-6-4-3-5-14(15)12-7-9-13(16)10-8-12/h3-10H,1-2H3. The summed E-state index contributed by atoms with van der Waals surface area (Å²) in [6.45, 7) is 4.00. The molecule has 0 N–H and O–H groups in total. The largest absolute Gasteiger partial charge is 0.258 e. The summed E-state index contributed by atoms with van der Waals surface area (Å²) in [7, 11) is 0. The van der Waals surface area contributed by atoms with Crippen LogP contribution in [0.1, 0.15) is 13.8 Å². The van der Waals surface area contributed by atoms with Gasteiger partial charge in [0.15, 0.2) is 0 Å². The molecule has 0 amide bonds. The molecule has 2 rings (SSSR count). The Kier molecular flexibility index (Phi) is 3.60. The smallest absolute Gasteiger partial charge is 0.0707 e. The highest BCUT2D eigenvalue weighted by molar-refractivity contribution is 6.30. The highest BCUT2D eigenvalue weighted by atomic mass is 35.5. The Balaban J connectivity index is 2.52. The minimum atomic E-state index is 0.751. The molecule has 86 valence electrons. The fraction of sp³-hybridized carbons (Fsp3) is 0.133. The Morgan fingerprint density at radius 3 is 2.24 bits per heavy atom. The lowest BCUT2D eigenvalue weighted by Crippen LogP contribution is -1.82. The first-order chi connectivity index (χ1) is 8.16. The van der Waals surface area contributed by atoms with Crippen molar-refractivity contribution in [3.05, 3.63) is 53.6 Å². The summed E-state index contributed by atoms with van der Waals surface area (Å²) in [5.41, 5.74) is 4.31. The predicted molar refractivity (Wildman–Crippen MR) is 75.3 cm³/mol. The van der Waals surface area contributed by atoms with Crippen LogP contribution < -0.4 is 0 Å². The molecule has 0 saturated carbocycles. The minimum Gasteiger partial charge on any atom is -0.258 e. The van der Waals surface area contributed by atoms with Crippen LogP contribution in [0.5, 0.6) is 0 Å². The van der Waals surface area contributed by atoms with E-state index in [0.29, 0.717) is 0 Å². The van der Waals surface area contributed by atoms with Gasteiger partial charge in [0.05, 0.1) is 5.69 Å². The van der Waals surface area contributed by atoms with Gasteiger partial charge in [0.2, 0.25) is 0 Å². The number of hydrogen-bond donors (Lipinski definition) is 0. The quantitative estimate of drug-likeness (QED) is 0.650. The molecule has 0 radical (unpaired) electrons. The Morgan fingerprint density at radius 1 is 0.941 bits per heavy atom. The van der Waals surface area contributed by atoms with Crippen LogP contribution in [0.2, 0.25) is 5.02 Å². The first-order valence-electron chi connectivity index (χ1n) is 5.53. The molecule has 17 heavy (non-hydrogen) atoms. The zero-order chi connectivity index (χ0) is 12.3. The Labute approximate surface area is 107 Å². The average molecular weight is 244 g/mol. The number of nitrogens with zero attached hydrogens (tertiary/aromatic N) is 1. The zero-order valence-electron chi connectivity index (χ0n) is 9.94. The summed E-state index contributed by atoms with van der Waals surface area (Å²) >= 11 is 5.90. The normalized spacial score (nSPS) is 10.1. The molecular formula is C15H14ClN. The molecule has 2 heteroatoms. The molecule has 0 aromatic heterocycles. The summed E-state index contributed by atoms with van der Waals surface area (Å²) in [6.07, 6.45) is 0. The number of para-hydroxylation sites is 1. The molecule has 2 aromatic carbocycles. The van der Waals surface area contributed by atoms with E-state index < -0.39 is 0 Å². The number of hydrogen-bond acceptors (Lipinski definition) is 1. The lowest BCUT2D eigenvalue weighted by Gasteiger charge is -2.06. The Morgan fingerprint density at radius 2 is 1.59 bits per heavy atom. The van der Waals surface area contributed by atoms with Gasteiger partial charge >= 0.3 is 0 Å². The second kappa shape index (κ2) is 5.15. The third-order valence-electron chi connectivity index (χ3n) is 2.40. The second-order valence-electron chi connectivity index (χ2n) is 4.08. The molecule has 0 aliphatic rings. The van der Waals surface area contributed by atoms with Crippen molar-refractivity contribution in [1.29, 1.82) is 0 Å². The topological polar surface area (TPSA) is 12.4 Å². The lowest BCUT2D eigenvalue weighted by atomic mass is 10.0. The van der Waals surface area contributed by atoms with Gasteiger partial charge in [0.1, 0.15) is 0 Å². The van der Waals surface area contributed by atoms with Crippen molar-refractivity contribution in [3.63, 3.8) is 0 Å². The molecule has 0 bridgehead atoms. The molecule has 0 aliphatic heterocycles. The van der Waals surface area contributed by atoms with Gasteiger partial charge in [-0.05, 0) is 37.6 Å². The SMILES string of the molecule is CC(C)=Nc1ccccc1-c1ccc(Cl)cc1. The third-order valence-corrected chi connectivity index (χ3v) is 2.66.